The first-order chi connectivity index (χ1) is 9.15. The molecule has 3 rings (SSSR count). The van der Waals surface area contributed by atoms with Crippen molar-refractivity contribution in [3.63, 3.8) is 0 Å². The Morgan fingerprint density at radius 2 is 2.05 bits per heavy atom. The maximum absolute atomic E-state index is 10.6. The summed E-state index contributed by atoms with van der Waals surface area (Å²) in [4.78, 5) is 14.8. The van der Waals surface area contributed by atoms with Gasteiger partial charge in [0.1, 0.15) is 0 Å². The van der Waals surface area contributed by atoms with E-state index < -0.39 is 0 Å². The van der Waals surface area contributed by atoms with E-state index in [1.54, 1.807) is 12.1 Å². The number of benzene rings is 1. The minimum absolute atomic E-state index is 0.133. The van der Waals surface area contributed by atoms with Crippen LogP contribution in [0, 0.1) is 10.1 Å². The van der Waals surface area contributed by atoms with E-state index in [0.717, 1.165) is 31.9 Å². The molecule has 1 aromatic rings. The molecule has 0 N–H and O–H groups in total. The van der Waals surface area contributed by atoms with Gasteiger partial charge < -0.3 is 9.64 Å². The van der Waals surface area contributed by atoms with Gasteiger partial charge in [0.15, 0.2) is 0 Å². The number of fused-ring (bicyclic) bond motifs is 1. The second-order valence-electron chi connectivity index (χ2n) is 5.14. The lowest BCUT2D eigenvalue weighted by Gasteiger charge is -2.33. The first-order valence-electron chi connectivity index (χ1n) is 6.46. The van der Waals surface area contributed by atoms with Crippen LogP contribution >= 0.6 is 0 Å². The first kappa shape index (κ1) is 12.4. The fourth-order valence-electron chi connectivity index (χ4n) is 2.85. The number of nitro benzene ring substituents is 1. The molecule has 19 heavy (non-hydrogen) atoms. The van der Waals surface area contributed by atoms with Crippen molar-refractivity contribution in [1.82, 2.24) is 4.90 Å². The summed E-state index contributed by atoms with van der Waals surface area (Å²) in [5.74, 6) is 0. The molecule has 2 heterocycles. The molecule has 0 saturated carbocycles. The van der Waals surface area contributed by atoms with Gasteiger partial charge in [-0.1, -0.05) is 0 Å². The lowest BCUT2D eigenvalue weighted by atomic mass is 10.1. The maximum Gasteiger partial charge on any atom is 0.269 e. The Balaban J connectivity index is 1.75. The summed E-state index contributed by atoms with van der Waals surface area (Å²) in [7, 11) is 2.12. The second kappa shape index (κ2) is 4.79. The Kier molecular flexibility index (Phi) is 3.12. The number of morpholine rings is 1. The van der Waals surface area contributed by atoms with Gasteiger partial charge in [-0.3, -0.25) is 15.0 Å². The number of nitrogens with zero attached hydrogens (tertiary/aromatic N) is 3. The lowest BCUT2D eigenvalue weighted by molar-refractivity contribution is -0.384. The van der Waals surface area contributed by atoms with E-state index in [2.05, 4.69) is 16.8 Å². The van der Waals surface area contributed by atoms with Crippen LogP contribution in [0.25, 0.3) is 0 Å². The predicted octanol–water partition coefficient (Wildman–Crippen LogP) is 1.11. The largest absolute Gasteiger partial charge is 0.373 e. The molecule has 6 nitrogen and oxygen atoms in total. The van der Waals surface area contributed by atoms with E-state index in [9.17, 15) is 10.1 Å². The molecule has 2 fully saturated rings. The van der Waals surface area contributed by atoms with Crippen LogP contribution in [-0.4, -0.2) is 55.3 Å². The Labute approximate surface area is 111 Å². The molecule has 2 atom stereocenters. The summed E-state index contributed by atoms with van der Waals surface area (Å²) in [6.07, 6.45) is 0.244. The summed E-state index contributed by atoms with van der Waals surface area (Å²) in [6, 6.07) is 7.17. The van der Waals surface area contributed by atoms with E-state index in [0.29, 0.717) is 6.04 Å². The predicted molar refractivity (Wildman–Crippen MR) is 71.5 cm³/mol. The third-order valence-electron chi connectivity index (χ3n) is 4.00. The normalized spacial score (nSPS) is 27.3. The highest BCUT2D eigenvalue weighted by atomic mass is 16.6. The van der Waals surface area contributed by atoms with Gasteiger partial charge in [-0.25, -0.2) is 0 Å². The van der Waals surface area contributed by atoms with Crippen molar-refractivity contribution in [1.29, 1.82) is 0 Å². The summed E-state index contributed by atoms with van der Waals surface area (Å²) in [6.45, 7) is 3.52. The van der Waals surface area contributed by atoms with Gasteiger partial charge in [0.25, 0.3) is 5.69 Å². The topological polar surface area (TPSA) is 58.8 Å². The van der Waals surface area contributed by atoms with Crippen molar-refractivity contribution in [2.75, 3.05) is 38.2 Å². The number of anilines is 1. The Morgan fingerprint density at radius 1 is 1.32 bits per heavy atom. The molecule has 2 unspecified atom stereocenters. The number of likely N-dealkylation sites (N-methyl/N-ethyl adjacent to an activating group) is 1. The highest BCUT2D eigenvalue weighted by Crippen LogP contribution is 2.27. The highest BCUT2D eigenvalue weighted by Gasteiger charge is 2.38. The fraction of sp³-hybridized carbons (Fsp3) is 0.538. The molecule has 0 amide bonds. The first-order valence-corrected chi connectivity index (χ1v) is 6.46. The zero-order valence-corrected chi connectivity index (χ0v) is 10.9. The standard InChI is InChI=1S/C13H17N3O3/c1-14-6-7-19-13-9-15(8-12(13)14)10-2-4-11(5-3-10)16(17)18/h2-5,12-13H,6-9H2,1H3. The summed E-state index contributed by atoms with van der Waals surface area (Å²) < 4.78 is 5.79. The van der Waals surface area contributed by atoms with Gasteiger partial charge in [-0.15, -0.1) is 0 Å². The molecule has 0 bridgehead atoms. The minimum Gasteiger partial charge on any atom is -0.373 e. The van der Waals surface area contributed by atoms with Crippen molar-refractivity contribution < 1.29 is 9.66 Å². The molecular weight excluding hydrogens is 246 g/mol. The summed E-state index contributed by atoms with van der Waals surface area (Å²) >= 11 is 0. The minimum atomic E-state index is -0.371. The van der Waals surface area contributed by atoms with Crippen LogP contribution in [0.3, 0.4) is 0 Å². The van der Waals surface area contributed by atoms with E-state index in [1.165, 1.54) is 0 Å². The van der Waals surface area contributed by atoms with E-state index in [1.807, 2.05) is 12.1 Å². The van der Waals surface area contributed by atoms with Crippen molar-refractivity contribution >= 4 is 11.4 Å². The lowest BCUT2D eigenvalue weighted by Crippen LogP contribution is -2.48. The molecule has 2 aliphatic heterocycles. The van der Waals surface area contributed by atoms with Crippen LogP contribution in [0.2, 0.25) is 0 Å². The quantitative estimate of drug-likeness (QED) is 0.591. The molecular formula is C13H17N3O3. The van der Waals surface area contributed by atoms with Crippen molar-refractivity contribution in [2.45, 2.75) is 12.1 Å². The van der Waals surface area contributed by atoms with Crippen LogP contribution in [0.1, 0.15) is 0 Å². The zero-order chi connectivity index (χ0) is 13.4. The second-order valence-corrected chi connectivity index (χ2v) is 5.14. The van der Waals surface area contributed by atoms with Crippen LogP contribution in [0.15, 0.2) is 24.3 Å². The van der Waals surface area contributed by atoms with Gasteiger partial charge in [-0.2, -0.15) is 0 Å². The third kappa shape index (κ3) is 2.29. The van der Waals surface area contributed by atoms with E-state index >= 15 is 0 Å². The molecule has 1 aromatic carbocycles. The van der Waals surface area contributed by atoms with Gasteiger partial charge >= 0.3 is 0 Å². The van der Waals surface area contributed by atoms with Gasteiger partial charge in [0.05, 0.1) is 23.7 Å². The molecule has 0 aromatic heterocycles. The molecule has 0 spiro atoms. The Bertz CT molecular complexity index is 477. The van der Waals surface area contributed by atoms with Gasteiger partial charge in [0, 0.05) is 37.5 Å². The number of nitro groups is 1. The fourth-order valence-corrected chi connectivity index (χ4v) is 2.85. The average Bonchev–Trinajstić information content (AvgIpc) is 2.84. The smallest absolute Gasteiger partial charge is 0.269 e. The number of rotatable bonds is 2. The van der Waals surface area contributed by atoms with Crippen molar-refractivity contribution in [2.24, 2.45) is 0 Å². The molecule has 0 aliphatic carbocycles. The van der Waals surface area contributed by atoms with Crippen molar-refractivity contribution in [3.8, 4) is 0 Å². The Morgan fingerprint density at radius 3 is 2.68 bits per heavy atom. The number of hydrogen-bond acceptors (Lipinski definition) is 5. The van der Waals surface area contributed by atoms with Crippen LogP contribution in [0.4, 0.5) is 11.4 Å². The molecule has 2 saturated heterocycles. The monoisotopic (exact) mass is 263 g/mol. The molecule has 6 heteroatoms. The van der Waals surface area contributed by atoms with Crippen molar-refractivity contribution in [3.05, 3.63) is 34.4 Å². The van der Waals surface area contributed by atoms with Gasteiger partial charge in [-0.05, 0) is 19.2 Å². The number of non-ortho nitro benzene ring substituents is 1. The summed E-state index contributed by atoms with van der Waals surface area (Å²) in [5, 5.41) is 10.6. The molecule has 2 aliphatic rings. The molecule has 102 valence electrons. The number of ether oxygens (including phenoxy) is 1. The summed E-state index contributed by atoms with van der Waals surface area (Å²) in [5.41, 5.74) is 1.16. The average molecular weight is 263 g/mol. The van der Waals surface area contributed by atoms with E-state index in [-0.39, 0.29) is 16.7 Å². The third-order valence-corrected chi connectivity index (χ3v) is 4.00. The van der Waals surface area contributed by atoms with Crippen LogP contribution in [-0.2, 0) is 4.74 Å². The Hall–Kier alpha value is -1.66. The van der Waals surface area contributed by atoms with E-state index in [4.69, 9.17) is 4.74 Å². The van der Waals surface area contributed by atoms with Crippen LogP contribution < -0.4 is 4.90 Å². The maximum atomic E-state index is 10.6. The zero-order valence-electron chi connectivity index (χ0n) is 10.9. The highest BCUT2D eigenvalue weighted by molar-refractivity contribution is 5.52. The van der Waals surface area contributed by atoms with Gasteiger partial charge in [0.2, 0.25) is 0 Å². The SMILES string of the molecule is CN1CCOC2CN(c3ccc([N+](=O)[O-])cc3)CC21. The van der Waals surface area contributed by atoms with Crippen LogP contribution in [0.5, 0.6) is 0 Å². The number of hydrogen-bond donors (Lipinski definition) is 0. The molecule has 0 radical (unpaired) electrons.